The van der Waals surface area contributed by atoms with Crippen LogP contribution in [0.1, 0.15) is 103 Å². The van der Waals surface area contributed by atoms with Crippen molar-refractivity contribution in [3.63, 3.8) is 0 Å². The first-order chi connectivity index (χ1) is 12.2. The third-order valence-corrected chi connectivity index (χ3v) is 5.55. The zero-order valence-electron chi connectivity index (χ0n) is 19.3. The minimum absolute atomic E-state index is 0.142. The van der Waals surface area contributed by atoms with E-state index in [-0.39, 0.29) is 16.2 Å². The highest BCUT2D eigenvalue weighted by molar-refractivity contribution is 5.45. The van der Waals surface area contributed by atoms with Gasteiger partial charge in [0.2, 0.25) is 0 Å². The molecule has 0 fully saturated rings. The van der Waals surface area contributed by atoms with Gasteiger partial charge in [-0.05, 0) is 56.4 Å². The molecule has 0 amide bonds. The van der Waals surface area contributed by atoms with Gasteiger partial charge in [0.25, 0.3) is 0 Å². The number of hydrogen-bond donors (Lipinski definition) is 0. The van der Waals surface area contributed by atoms with Crippen molar-refractivity contribution in [1.29, 1.82) is 0 Å². The average Bonchev–Trinajstić information content (AvgIpc) is 2.52. The summed E-state index contributed by atoms with van der Waals surface area (Å²) >= 11 is 0. The van der Waals surface area contributed by atoms with Crippen molar-refractivity contribution in [1.82, 2.24) is 0 Å². The molecule has 1 atom stereocenters. The third-order valence-electron chi connectivity index (χ3n) is 5.55. The fourth-order valence-corrected chi connectivity index (χ4v) is 4.05. The molecule has 0 heterocycles. The summed E-state index contributed by atoms with van der Waals surface area (Å²) in [6, 6.07) is 16.2. The van der Waals surface area contributed by atoms with Gasteiger partial charge >= 0.3 is 0 Å². The van der Waals surface area contributed by atoms with Crippen LogP contribution in [0.25, 0.3) is 0 Å². The summed E-state index contributed by atoms with van der Waals surface area (Å²) in [6.45, 7) is 23.3. The highest BCUT2D eigenvalue weighted by Gasteiger charge is 2.29. The fourth-order valence-electron chi connectivity index (χ4n) is 4.05. The molecule has 148 valence electrons. The highest BCUT2D eigenvalue weighted by atomic mass is 14.3. The molecule has 0 nitrogen and oxygen atoms in total. The second-order valence-electron chi connectivity index (χ2n) is 11.3. The predicted molar refractivity (Wildman–Crippen MR) is 121 cm³/mol. The SMILES string of the molecule is CC(Cc1ccc(C(C)(C)C)cc1)c1cccc(C(C)(C)C)c1C(C)(C)C. The van der Waals surface area contributed by atoms with Crippen LogP contribution < -0.4 is 0 Å². The van der Waals surface area contributed by atoms with Gasteiger partial charge in [0, 0.05) is 0 Å². The van der Waals surface area contributed by atoms with Gasteiger partial charge in [-0.3, -0.25) is 0 Å². The summed E-state index contributed by atoms with van der Waals surface area (Å²) in [4.78, 5) is 0. The van der Waals surface area contributed by atoms with E-state index in [4.69, 9.17) is 0 Å². The molecule has 2 aromatic rings. The van der Waals surface area contributed by atoms with E-state index in [0.717, 1.165) is 6.42 Å². The minimum atomic E-state index is 0.142. The summed E-state index contributed by atoms with van der Waals surface area (Å²) in [5, 5.41) is 0. The zero-order chi connectivity index (χ0) is 20.6. The van der Waals surface area contributed by atoms with Crippen LogP contribution in [0.2, 0.25) is 0 Å². The maximum atomic E-state index is 2.38. The molecule has 0 saturated heterocycles. The molecular weight excluding hydrogens is 324 g/mol. The summed E-state index contributed by atoms with van der Waals surface area (Å²) < 4.78 is 0. The van der Waals surface area contributed by atoms with Crippen LogP contribution in [0.15, 0.2) is 42.5 Å². The van der Waals surface area contributed by atoms with Crippen molar-refractivity contribution >= 4 is 0 Å². The summed E-state index contributed by atoms with van der Waals surface area (Å²) in [5.74, 6) is 0.502. The van der Waals surface area contributed by atoms with Crippen molar-refractivity contribution in [2.24, 2.45) is 0 Å². The van der Waals surface area contributed by atoms with Gasteiger partial charge in [0.1, 0.15) is 0 Å². The predicted octanol–water partition coefficient (Wildman–Crippen LogP) is 7.93. The molecular formula is C27H40. The summed E-state index contributed by atoms with van der Waals surface area (Å²) in [6.07, 6.45) is 1.08. The van der Waals surface area contributed by atoms with Gasteiger partial charge in [-0.25, -0.2) is 0 Å². The van der Waals surface area contributed by atoms with E-state index in [1.54, 1.807) is 0 Å². The first-order valence-corrected chi connectivity index (χ1v) is 10.4. The van der Waals surface area contributed by atoms with Crippen LogP contribution >= 0.6 is 0 Å². The molecule has 0 radical (unpaired) electrons. The van der Waals surface area contributed by atoms with Crippen LogP contribution in [-0.4, -0.2) is 0 Å². The largest absolute Gasteiger partial charge is 0.0617 e. The standard InChI is InChI=1S/C27H40/c1-19(18-20-14-16-21(17-15-20)25(2,3)4)22-12-11-13-23(26(5,6)7)24(22)27(8,9)10/h11-17,19H,18H2,1-10H3. The van der Waals surface area contributed by atoms with E-state index in [0.29, 0.717) is 5.92 Å². The van der Waals surface area contributed by atoms with Crippen molar-refractivity contribution in [3.8, 4) is 0 Å². The van der Waals surface area contributed by atoms with Gasteiger partial charge < -0.3 is 0 Å². The molecule has 0 aliphatic rings. The third kappa shape index (κ3) is 5.24. The van der Waals surface area contributed by atoms with Crippen LogP contribution in [-0.2, 0) is 22.7 Å². The first kappa shape index (κ1) is 21.7. The Kier molecular flexibility index (Phi) is 6.00. The van der Waals surface area contributed by atoms with Crippen LogP contribution in [0, 0.1) is 0 Å². The molecule has 2 rings (SSSR count). The Morgan fingerprint density at radius 2 is 1.22 bits per heavy atom. The van der Waals surface area contributed by atoms with E-state index in [2.05, 4.69) is 112 Å². The van der Waals surface area contributed by atoms with Gasteiger partial charge in [-0.15, -0.1) is 0 Å². The van der Waals surface area contributed by atoms with E-state index >= 15 is 0 Å². The molecule has 0 N–H and O–H groups in total. The monoisotopic (exact) mass is 364 g/mol. The van der Waals surface area contributed by atoms with E-state index in [9.17, 15) is 0 Å². The molecule has 0 spiro atoms. The van der Waals surface area contributed by atoms with Crippen molar-refractivity contribution in [3.05, 3.63) is 70.3 Å². The molecule has 27 heavy (non-hydrogen) atoms. The van der Waals surface area contributed by atoms with Crippen LogP contribution in [0.5, 0.6) is 0 Å². The van der Waals surface area contributed by atoms with Crippen LogP contribution in [0.4, 0.5) is 0 Å². The topological polar surface area (TPSA) is 0 Å². The van der Waals surface area contributed by atoms with E-state index < -0.39 is 0 Å². The molecule has 0 aromatic heterocycles. The van der Waals surface area contributed by atoms with E-state index in [1.165, 1.54) is 27.8 Å². The highest BCUT2D eigenvalue weighted by Crippen LogP contribution is 2.39. The minimum Gasteiger partial charge on any atom is -0.0617 e. The second-order valence-corrected chi connectivity index (χ2v) is 11.3. The lowest BCUT2D eigenvalue weighted by Gasteiger charge is -2.34. The zero-order valence-corrected chi connectivity index (χ0v) is 19.3. The molecule has 0 saturated carbocycles. The molecule has 2 aromatic carbocycles. The number of hydrogen-bond acceptors (Lipinski definition) is 0. The second kappa shape index (κ2) is 7.46. The normalized spacial score (nSPS) is 14.3. The first-order valence-electron chi connectivity index (χ1n) is 10.4. The Bertz CT molecular complexity index is 756. The molecule has 0 aliphatic carbocycles. The van der Waals surface area contributed by atoms with Gasteiger partial charge in [0.05, 0.1) is 0 Å². The van der Waals surface area contributed by atoms with Gasteiger partial charge in [-0.1, -0.05) is 112 Å². The lowest BCUT2D eigenvalue weighted by molar-refractivity contribution is 0.519. The van der Waals surface area contributed by atoms with Gasteiger partial charge in [-0.2, -0.15) is 0 Å². The number of benzene rings is 2. The molecule has 0 heteroatoms. The van der Waals surface area contributed by atoms with Gasteiger partial charge in [0.15, 0.2) is 0 Å². The Labute approximate surface area is 168 Å². The fraction of sp³-hybridized carbons (Fsp3) is 0.556. The lowest BCUT2D eigenvalue weighted by atomic mass is 9.71. The molecule has 0 bridgehead atoms. The Morgan fingerprint density at radius 3 is 1.67 bits per heavy atom. The quantitative estimate of drug-likeness (QED) is 0.518. The van der Waals surface area contributed by atoms with Crippen molar-refractivity contribution in [2.75, 3.05) is 0 Å². The van der Waals surface area contributed by atoms with Crippen molar-refractivity contribution < 1.29 is 0 Å². The average molecular weight is 365 g/mol. The Hall–Kier alpha value is -1.56. The summed E-state index contributed by atoms with van der Waals surface area (Å²) in [5.41, 5.74) is 7.88. The number of rotatable bonds is 3. The van der Waals surface area contributed by atoms with E-state index in [1.807, 2.05) is 0 Å². The lowest BCUT2D eigenvalue weighted by Crippen LogP contribution is -2.24. The maximum Gasteiger partial charge on any atom is -0.0126 e. The van der Waals surface area contributed by atoms with Crippen molar-refractivity contribution in [2.45, 2.75) is 97.8 Å². The Balaban J connectivity index is 2.40. The molecule has 1 unspecified atom stereocenters. The smallest absolute Gasteiger partial charge is 0.0126 e. The van der Waals surface area contributed by atoms with Crippen LogP contribution in [0.3, 0.4) is 0 Å². The maximum absolute atomic E-state index is 2.38. The molecule has 0 aliphatic heterocycles. The summed E-state index contributed by atoms with van der Waals surface area (Å²) in [7, 11) is 0. The Morgan fingerprint density at radius 1 is 0.667 bits per heavy atom.